The zero-order valence-electron chi connectivity index (χ0n) is 8.07. The van der Waals surface area contributed by atoms with Crippen molar-refractivity contribution in [3.63, 3.8) is 0 Å². The molecule has 0 fully saturated rings. The Labute approximate surface area is 87.7 Å². The molecule has 78 valence electrons. The van der Waals surface area contributed by atoms with Gasteiger partial charge in [0, 0.05) is 11.1 Å². The lowest BCUT2D eigenvalue weighted by Gasteiger charge is -2.03. The van der Waals surface area contributed by atoms with Crippen LogP contribution in [0.15, 0.2) is 18.3 Å². The summed E-state index contributed by atoms with van der Waals surface area (Å²) < 4.78 is 25.2. The Balaban J connectivity index is 2.73. The van der Waals surface area contributed by atoms with E-state index in [-0.39, 0.29) is 5.75 Å². The van der Waals surface area contributed by atoms with Gasteiger partial charge in [-0.3, -0.25) is 4.72 Å². The van der Waals surface area contributed by atoms with Crippen LogP contribution in [0.5, 0.6) is 0 Å². The lowest BCUT2D eigenvalue weighted by molar-refractivity contribution is 0.603. The molecule has 0 bridgehead atoms. The molecule has 0 aliphatic carbocycles. The number of anilines is 1. The van der Waals surface area contributed by atoms with Gasteiger partial charge in [0.1, 0.15) is 0 Å². The van der Waals surface area contributed by atoms with Gasteiger partial charge in [-0.2, -0.15) is 0 Å². The summed E-state index contributed by atoms with van der Waals surface area (Å²) in [6.45, 7) is 7.09. The molecule has 0 saturated carbocycles. The summed E-state index contributed by atoms with van der Waals surface area (Å²) >= 11 is 1.31. The number of hydrogen-bond acceptors (Lipinski definition) is 4. The van der Waals surface area contributed by atoms with Gasteiger partial charge in [0.05, 0.1) is 5.75 Å². The molecule has 0 aliphatic heterocycles. The second-order valence-electron chi connectivity index (χ2n) is 3.09. The third-order valence-corrected chi connectivity index (χ3v) is 3.64. The van der Waals surface area contributed by atoms with Crippen LogP contribution in [0, 0.1) is 6.92 Å². The van der Waals surface area contributed by atoms with Crippen molar-refractivity contribution in [2.24, 2.45) is 0 Å². The van der Waals surface area contributed by atoms with Crippen molar-refractivity contribution in [2.75, 3.05) is 10.5 Å². The highest BCUT2D eigenvalue weighted by atomic mass is 32.2. The van der Waals surface area contributed by atoms with Crippen LogP contribution in [0.2, 0.25) is 0 Å². The van der Waals surface area contributed by atoms with Crippen LogP contribution in [-0.4, -0.2) is 19.2 Å². The van der Waals surface area contributed by atoms with Gasteiger partial charge < -0.3 is 0 Å². The highest BCUT2D eigenvalue weighted by molar-refractivity contribution is 7.93. The van der Waals surface area contributed by atoms with Crippen molar-refractivity contribution in [3.05, 3.63) is 23.2 Å². The quantitative estimate of drug-likeness (QED) is 0.805. The topological polar surface area (TPSA) is 59.1 Å². The first kappa shape index (κ1) is 11.2. The average molecular weight is 232 g/mol. The molecule has 1 heterocycles. The van der Waals surface area contributed by atoms with Crippen LogP contribution >= 0.6 is 11.3 Å². The standard InChI is InChI=1S/C8H12N2O2S2/c1-6(2)5-14(11,12)10-8-9-4-7(3)13-8/h4H,1,5H2,2-3H3,(H,9,10). The van der Waals surface area contributed by atoms with Gasteiger partial charge in [0.25, 0.3) is 0 Å². The Bertz CT molecular complexity index is 434. The maximum atomic E-state index is 11.4. The maximum absolute atomic E-state index is 11.4. The lowest BCUT2D eigenvalue weighted by Crippen LogP contribution is -2.16. The lowest BCUT2D eigenvalue weighted by atomic mass is 10.4. The van der Waals surface area contributed by atoms with Gasteiger partial charge in [-0.1, -0.05) is 12.2 Å². The molecule has 1 aromatic rings. The molecular formula is C8H12N2O2S2. The molecule has 0 atom stereocenters. The van der Waals surface area contributed by atoms with E-state index in [0.717, 1.165) is 4.88 Å². The van der Waals surface area contributed by atoms with Crippen LogP contribution in [0.3, 0.4) is 0 Å². The van der Waals surface area contributed by atoms with Crippen molar-refractivity contribution in [1.82, 2.24) is 4.98 Å². The summed E-state index contributed by atoms with van der Waals surface area (Å²) in [5, 5.41) is 0.406. The number of aryl methyl sites for hydroxylation is 1. The van der Waals surface area contributed by atoms with E-state index in [1.807, 2.05) is 6.92 Å². The molecule has 1 rings (SSSR count). The van der Waals surface area contributed by atoms with Crippen molar-refractivity contribution in [3.8, 4) is 0 Å². The maximum Gasteiger partial charge on any atom is 0.238 e. The predicted octanol–water partition coefficient (Wildman–Crippen LogP) is 1.77. The average Bonchev–Trinajstić information content (AvgIpc) is 2.30. The fourth-order valence-electron chi connectivity index (χ4n) is 0.895. The zero-order valence-corrected chi connectivity index (χ0v) is 9.70. The Hall–Kier alpha value is -0.880. The van der Waals surface area contributed by atoms with Gasteiger partial charge >= 0.3 is 0 Å². The minimum Gasteiger partial charge on any atom is -0.258 e. The molecule has 0 amide bonds. The molecule has 1 aromatic heterocycles. The van der Waals surface area contributed by atoms with Gasteiger partial charge in [-0.05, 0) is 13.8 Å². The van der Waals surface area contributed by atoms with Gasteiger partial charge in [-0.15, -0.1) is 11.3 Å². The van der Waals surface area contributed by atoms with Gasteiger partial charge in [0.15, 0.2) is 5.13 Å². The molecular weight excluding hydrogens is 220 g/mol. The van der Waals surface area contributed by atoms with E-state index in [4.69, 9.17) is 0 Å². The SMILES string of the molecule is C=C(C)CS(=O)(=O)Nc1ncc(C)s1. The molecule has 0 aromatic carbocycles. The second kappa shape index (κ2) is 4.10. The molecule has 6 heteroatoms. The first-order valence-corrected chi connectivity index (χ1v) is 6.43. The third kappa shape index (κ3) is 3.47. The molecule has 0 saturated heterocycles. The number of hydrogen-bond donors (Lipinski definition) is 1. The van der Waals surface area contributed by atoms with Crippen LogP contribution in [0.4, 0.5) is 5.13 Å². The number of nitrogens with zero attached hydrogens (tertiary/aromatic N) is 1. The first-order chi connectivity index (χ1) is 6.39. The van der Waals surface area contributed by atoms with E-state index in [0.29, 0.717) is 10.7 Å². The third-order valence-electron chi connectivity index (χ3n) is 1.30. The molecule has 4 nitrogen and oxygen atoms in total. The summed E-state index contributed by atoms with van der Waals surface area (Å²) in [5.41, 5.74) is 0.603. The molecule has 0 unspecified atom stereocenters. The van der Waals surface area contributed by atoms with Crippen molar-refractivity contribution < 1.29 is 8.42 Å². The van der Waals surface area contributed by atoms with Crippen molar-refractivity contribution in [1.29, 1.82) is 0 Å². The van der Waals surface area contributed by atoms with E-state index in [1.54, 1.807) is 13.1 Å². The highest BCUT2D eigenvalue weighted by Crippen LogP contribution is 2.18. The number of sulfonamides is 1. The number of rotatable bonds is 4. The number of aromatic nitrogens is 1. The highest BCUT2D eigenvalue weighted by Gasteiger charge is 2.12. The predicted molar refractivity (Wildman–Crippen MR) is 59.1 cm³/mol. The largest absolute Gasteiger partial charge is 0.258 e. The van der Waals surface area contributed by atoms with Gasteiger partial charge in [-0.25, -0.2) is 13.4 Å². The summed E-state index contributed by atoms with van der Waals surface area (Å²) in [7, 11) is -3.32. The fourth-order valence-corrected chi connectivity index (χ4v) is 3.00. The smallest absolute Gasteiger partial charge is 0.238 e. The molecule has 0 radical (unpaired) electrons. The van der Waals surface area contributed by atoms with Gasteiger partial charge in [0.2, 0.25) is 10.0 Å². The summed E-state index contributed by atoms with van der Waals surface area (Å²) in [6, 6.07) is 0. The van der Waals surface area contributed by atoms with E-state index in [2.05, 4.69) is 16.3 Å². The van der Waals surface area contributed by atoms with Crippen LogP contribution in [-0.2, 0) is 10.0 Å². The van der Waals surface area contributed by atoms with Crippen molar-refractivity contribution in [2.45, 2.75) is 13.8 Å². The number of thiazole rings is 1. The van der Waals surface area contributed by atoms with Crippen LogP contribution in [0.25, 0.3) is 0 Å². The summed E-state index contributed by atoms with van der Waals surface area (Å²) in [5.74, 6) is -0.0639. The Kier molecular flexibility index (Phi) is 3.28. The monoisotopic (exact) mass is 232 g/mol. The van der Waals surface area contributed by atoms with E-state index in [1.165, 1.54) is 11.3 Å². The normalized spacial score (nSPS) is 11.3. The van der Waals surface area contributed by atoms with E-state index >= 15 is 0 Å². The zero-order chi connectivity index (χ0) is 10.8. The summed E-state index contributed by atoms with van der Waals surface area (Å²) in [6.07, 6.45) is 1.63. The van der Waals surface area contributed by atoms with E-state index in [9.17, 15) is 8.42 Å². The van der Waals surface area contributed by atoms with E-state index < -0.39 is 10.0 Å². The Morgan fingerprint density at radius 2 is 2.36 bits per heavy atom. The molecule has 1 N–H and O–H groups in total. The molecule has 14 heavy (non-hydrogen) atoms. The Morgan fingerprint density at radius 3 is 2.79 bits per heavy atom. The first-order valence-electron chi connectivity index (χ1n) is 3.96. The Morgan fingerprint density at radius 1 is 1.71 bits per heavy atom. The van der Waals surface area contributed by atoms with Crippen LogP contribution in [0.1, 0.15) is 11.8 Å². The second-order valence-corrected chi connectivity index (χ2v) is 6.05. The minimum atomic E-state index is -3.32. The molecule has 0 aliphatic rings. The fraction of sp³-hybridized carbons (Fsp3) is 0.375. The molecule has 0 spiro atoms. The van der Waals surface area contributed by atoms with Crippen molar-refractivity contribution >= 4 is 26.5 Å². The summed E-state index contributed by atoms with van der Waals surface area (Å²) in [4.78, 5) is 4.88. The van der Waals surface area contributed by atoms with Crippen LogP contribution < -0.4 is 4.72 Å². The number of nitrogens with one attached hydrogen (secondary N) is 1. The minimum absolute atomic E-state index is 0.0639.